The van der Waals surface area contributed by atoms with Crippen molar-refractivity contribution in [1.29, 1.82) is 0 Å². The van der Waals surface area contributed by atoms with Gasteiger partial charge in [-0.1, -0.05) is 18.2 Å². The van der Waals surface area contributed by atoms with E-state index in [1.165, 1.54) is 0 Å². The van der Waals surface area contributed by atoms with Gasteiger partial charge in [-0.2, -0.15) is 0 Å². The lowest BCUT2D eigenvalue weighted by Gasteiger charge is -2.31. The monoisotopic (exact) mass is 380 g/mol. The Morgan fingerprint density at radius 2 is 1.46 bits per heavy atom. The molecule has 3 N–H and O–H groups in total. The van der Waals surface area contributed by atoms with Gasteiger partial charge in [0.15, 0.2) is 0 Å². The van der Waals surface area contributed by atoms with Crippen LogP contribution < -0.4 is 16.0 Å². The van der Waals surface area contributed by atoms with Crippen LogP contribution in [0.4, 0.5) is 16.2 Å². The van der Waals surface area contributed by atoms with Crippen LogP contribution in [0.25, 0.3) is 0 Å². The first-order valence-corrected chi connectivity index (χ1v) is 9.31. The number of para-hydroxylation sites is 1. The lowest BCUT2D eigenvalue weighted by Crippen LogP contribution is -2.43. The van der Waals surface area contributed by atoms with Crippen LogP contribution in [0.3, 0.4) is 0 Å². The topological polar surface area (TPSA) is 90.5 Å². The highest BCUT2D eigenvalue weighted by Crippen LogP contribution is 2.21. The third kappa shape index (κ3) is 4.88. The van der Waals surface area contributed by atoms with Gasteiger partial charge in [-0.15, -0.1) is 0 Å². The van der Waals surface area contributed by atoms with Crippen molar-refractivity contribution in [2.45, 2.75) is 12.8 Å². The van der Waals surface area contributed by atoms with E-state index in [9.17, 15) is 14.4 Å². The Kier molecular flexibility index (Phi) is 6.26. The van der Waals surface area contributed by atoms with Crippen LogP contribution in [0.1, 0.15) is 23.2 Å². The molecular formula is C21H24N4O3. The van der Waals surface area contributed by atoms with Gasteiger partial charge in [-0.05, 0) is 49.2 Å². The van der Waals surface area contributed by atoms with Gasteiger partial charge < -0.3 is 20.9 Å². The molecule has 1 saturated heterocycles. The van der Waals surface area contributed by atoms with Gasteiger partial charge in [0.25, 0.3) is 5.91 Å². The molecule has 4 amide bonds. The van der Waals surface area contributed by atoms with Crippen LogP contribution >= 0.6 is 0 Å². The van der Waals surface area contributed by atoms with Gasteiger partial charge in [-0.3, -0.25) is 9.59 Å². The molecule has 0 radical (unpaired) electrons. The van der Waals surface area contributed by atoms with Crippen LogP contribution in [-0.2, 0) is 4.79 Å². The molecule has 1 fully saturated rings. The lowest BCUT2D eigenvalue weighted by molar-refractivity contribution is -0.121. The minimum Gasteiger partial charge on any atom is -0.355 e. The minimum absolute atomic E-state index is 0.0594. The zero-order chi connectivity index (χ0) is 19.9. The van der Waals surface area contributed by atoms with Crippen molar-refractivity contribution in [1.82, 2.24) is 10.2 Å². The van der Waals surface area contributed by atoms with E-state index in [0.29, 0.717) is 37.2 Å². The first-order valence-electron chi connectivity index (χ1n) is 9.31. The highest BCUT2D eigenvalue weighted by atomic mass is 16.2. The van der Waals surface area contributed by atoms with E-state index in [1.54, 1.807) is 36.2 Å². The molecule has 7 nitrogen and oxygen atoms in total. The second kappa shape index (κ2) is 9.03. The molecule has 7 heteroatoms. The molecule has 0 bridgehead atoms. The molecule has 0 spiro atoms. The number of nitrogens with one attached hydrogen (secondary N) is 3. The van der Waals surface area contributed by atoms with Crippen molar-refractivity contribution in [2.75, 3.05) is 30.8 Å². The lowest BCUT2D eigenvalue weighted by atomic mass is 9.96. The van der Waals surface area contributed by atoms with Crippen molar-refractivity contribution in [3.63, 3.8) is 0 Å². The number of carbonyl (C=O) groups excluding carboxylic acids is 3. The number of piperidine rings is 1. The zero-order valence-corrected chi connectivity index (χ0v) is 15.8. The third-order valence-corrected chi connectivity index (χ3v) is 4.82. The molecule has 146 valence electrons. The molecule has 0 unspecified atom stereocenters. The Morgan fingerprint density at radius 1 is 0.857 bits per heavy atom. The Labute approximate surface area is 164 Å². The highest BCUT2D eigenvalue weighted by molar-refractivity contribution is 5.96. The average Bonchev–Trinajstić information content (AvgIpc) is 2.74. The van der Waals surface area contributed by atoms with Crippen LogP contribution in [0, 0.1) is 5.92 Å². The standard InChI is InChI=1S/C21H24N4O3/c1-22-19(26)15-7-9-18(10-8-15)23-20(27)16-11-13-25(14-12-16)21(28)24-17-5-3-2-4-6-17/h2-10,16H,11-14H2,1H3,(H,22,26)(H,23,27)(H,24,28). The number of amides is 4. The summed E-state index contributed by atoms with van der Waals surface area (Å²) in [5, 5.41) is 8.32. The molecular weight excluding hydrogens is 356 g/mol. The number of hydrogen-bond donors (Lipinski definition) is 3. The Morgan fingerprint density at radius 3 is 2.07 bits per heavy atom. The quantitative estimate of drug-likeness (QED) is 0.762. The van der Waals surface area contributed by atoms with Crippen molar-refractivity contribution >= 4 is 29.2 Å². The van der Waals surface area contributed by atoms with Crippen LogP contribution in [-0.4, -0.2) is 42.9 Å². The number of hydrogen-bond acceptors (Lipinski definition) is 3. The van der Waals surface area contributed by atoms with Gasteiger partial charge in [0, 0.05) is 43.0 Å². The van der Waals surface area contributed by atoms with Gasteiger partial charge >= 0.3 is 6.03 Å². The fourth-order valence-corrected chi connectivity index (χ4v) is 3.16. The summed E-state index contributed by atoms with van der Waals surface area (Å²) in [6.07, 6.45) is 1.23. The molecule has 0 aromatic heterocycles. The van der Waals surface area contributed by atoms with E-state index >= 15 is 0 Å². The highest BCUT2D eigenvalue weighted by Gasteiger charge is 2.27. The third-order valence-electron chi connectivity index (χ3n) is 4.82. The van der Waals surface area contributed by atoms with Crippen molar-refractivity contribution in [3.05, 3.63) is 60.2 Å². The largest absolute Gasteiger partial charge is 0.355 e. The first-order chi connectivity index (χ1) is 13.6. The molecule has 1 aliphatic heterocycles. The van der Waals surface area contributed by atoms with Crippen LogP contribution in [0.2, 0.25) is 0 Å². The number of carbonyl (C=O) groups is 3. The predicted molar refractivity (Wildman–Crippen MR) is 108 cm³/mol. The summed E-state index contributed by atoms with van der Waals surface area (Å²) in [4.78, 5) is 38.1. The van der Waals surface area contributed by atoms with Gasteiger partial charge in [0.1, 0.15) is 0 Å². The molecule has 3 rings (SSSR count). The fraction of sp³-hybridized carbons (Fsp3) is 0.286. The normalized spacial score (nSPS) is 14.2. The van der Waals surface area contributed by atoms with Gasteiger partial charge in [-0.25, -0.2) is 4.79 Å². The Balaban J connectivity index is 1.48. The van der Waals surface area contributed by atoms with E-state index in [0.717, 1.165) is 5.69 Å². The van der Waals surface area contributed by atoms with Crippen molar-refractivity contribution in [2.24, 2.45) is 5.92 Å². The maximum atomic E-state index is 12.5. The summed E-state index contributed by atoms with van der Waals surface area (Å²) in [5.41, 5.74) is 1.95. The van der Waals surface area contributed by atoms with Gasteiger partial charge in [0.2, 0.25) is 5.91 Å². The molecule has 2 aromatic carbocycles. The summed E-state index contributed by atoms with van der Waals surface area (Å²) in [5.74, 6) is -0.366. The summed E-state index contributed by atoms with van der Waals surface area (Å²) in [7, 11) is 1.57. The minimum atomic E-state index is -0.168. The number of anilines is 2. The fourth-order valence-electron chi connectivity index (χ4n) is 3.16. The first kappa shape index (κ1) is 19.4. The number of benzene rings is 2. The Bertz CT molecular complexity index is 828. The SMILES string of the molecule is CNC(=O)c1ccc(NC(=O)C2CCN(C(=O)Nc3ccccc3)CC2)cc1. The number of urea groups is 1. The van der Waals surface area contributed by atoms with E-state index < -0.39 is 0 Å². The van der Waals surface area contributed by atoms with E-state index in [2.05, 4.69) is 16.0 Å². The molecule has 1 aliphatic rings. The number of likely N-dealkylation sites (tertiary alicyclic amines) is 1. The molecule has 28 heavy (non-hydrogen) atoms. The number of rotatable bonds is 4. The maximum absolute atomic E-state index is 12.5. The molecule has 2 aromatic rings. The summed E-state index contributed by atoms with van der Waals surface area (Å²) in [6, 6.07) is 15.9. The maximum Gasteiger partial charge on any atom is 0.321 e. The van der Waals surface area contributed by atoms with E-state index in [1.807, 2.05) is 30.3 Å². The molecule has 0 aliphatic carbocycles. The van der Waals surface area contributed by atoms with Crippen molar-refractivity contribution < 1.29 is 14.4 Å². The number of nitrogens with zero attached hydrogens (tertiary/aromatic N) is 1. The summed E-state index contributed by atoms with van der Waals surface area (Å²) in [6.45, 7) is 1.07. The van der Waals surface area contributed by atoms with E-state index in [-0.39, 0.29) is 23.8 Å². The average molecular weight is 380 g/mol. The molecule has 0 atom stereocenters. The summed E-state index contributed by atoms with van der Waals surface area (Å²) >= 11 is 0. The van der Waals surface area contributed by atoms with Crippen molar-refractivity contribution in [3.8, 4) is 0 Å². The second-order valence-electron chi connectivity index (χ2n) is 6.70. The molecule has 1 heterocycles. The summed E-state index contributed by atoms with van der Waals surface area (Å²) < 4.78 is 0. The zero-order valence-electron chi connectivity index (χ0n) is 15.8. The van der Waals surface area contributed by atoms with E-state index in [4.69, 9.17) is 0 Å². The Hall–Kier alpha value is -3.35. The van der Waals surface area contributed by atoms with Crippen LogP contribution in [0.15, 0.2) is 54.6 Å². The molecule has 0 saturated carbocycles. The van der Waals surface area contributed by atoms with Crippen LogP contribution in [0.5, 0.6) is 0 Å². The smallest absolute Gasteiger partial charge is 0.321 e. The predicted octanol–water partition coefficient (Wildman–Crippen LogP) is 2.93. The van der Waals surface area contributed by atoms with Gasteiger partial charge in [0.05, 0.1) is 0 Å². The second-order valence-corrected chi connectivity index (χ2v) is 6.70.